The third-order valence-corrected chi connectivity index (χ3v) is 3.58. The van der Waals surface area contributed by atoms with Crippen LogP contribution in [-0.2, 0) is 6.42 Å². The average Bonchev–Trinajstić information content (AvgIpc) is 3.23. The molecule has 0 amide bonds. The van der Waals surface area contributed by atoms with Gasteiger partial charge in [-0.3, -0.25) is 0 Å². The fourth-order valence-electron chi connectivity index (χ4n) is 2.41. The van der Waals surface area contributed by atoms with E-state index in [9.17, 15) is 0 Å². The van der Waals surface area contributed by atoms with Crippen molar-refractivity contribution in [3.8, 4) is 5.75 Å². The molecule has 1 aromatic carbocycles. The second-order valence-corrected chi connectivity index (χ2v) is 5.21. The van der Waals surface area contributed by atoms with Gasteiger partial charge in [0.15, 0.2) is 0 Å². The van der Waals surface area contributed by atoms with E-state index in [1.54, 1.807) is 0 Å². The first kappa shape index (κ1) is 11.8. The number of rotatable bonds is 5. The van der Waals surface area contributed by atoms with Gasteiger partial charge in [0.2, 0.25) is 0 Å². The van der Waals surface area contributed by atoms with E-state index >= 15 is 0 Å². The molecular weight excluding hydrogens is 222 g/mol. The molecule has 0 saturated heterocycles. The summed E-state index contributed by atoms with van der Waals surface area (Å²) in [5.74, 6) is 1.11. The summed E-state index contributed by atoms with van der Waals surface area (Å²) in [5.41, 5.74) is 2.60. The highest BCUT2D eigenvalue weighted by Crippen LogP contribution is 2.29. The van der Waals surface area contributed by atoms with E-state index in [1.165, 1.54) is 24.0 Å². The normalized spacial score (nSPS) is 18.7. The maximum Gasteiger partial charge on any atom is 0.129 e. The number of hydrogen-bond acceptors (Lipinski definition) is 2. The molecule has 96 valence electrons. The Kier molecular flexibility index (Phi) is 3.65. The van der Waals surface area contributed by atoms with Gasteiger partial charge in [-0.15, -0.1) is 0 Å². The van der Waals surface area contributed by atoms with Crippen molar-refractivity contribution in [2.45, 2.75) is 38.1 Å². The van der Waals surface area contributed by atoms with Crippen LogP contribution in [0, 0.1) is 0 Å². The lowest BCUT2D eigenvalue weighted by atomic mass is 10.0. The van der Waals surface area contributed by atoms with Gasteiger partial charge in [0.1, 0.15) is 5.75 Å². The fourth-order valence-corrected chi connectivity index (χ4v) is 2.41. The van der Waals surface area contributed by atoms with Gasteiger partial charge in [-0.25, -0.2) is 0 Å². The molecule has 2 heteroatoms. The number of benzene rings is 1. The van der Waals surface area contributed by atoms with Crippen LogP contribution in [0.1, 0.15) is 36.8 Å². The lowest BCUT2D eigenvalue weighted by Crippen LogP contribution is -2.16. The molecule has 1 aliphatic heterocycles. The molecule has 1 saturated carbocycles. The first-order valence-corrected chi connectivity index (χ1v) is 7.08. The van der Waals surface area contributed by atoms with Crippen molar-refractivity contribution in [2.24, 2.45) is 0 Å². The van der Waals surface area contributed by atoms with Gasteiger partial charge in [0.05, 0.1) is 6.61 Å². The minimum atomic E-state index is 0.811. The topological polar surface area (TPSA) is 21.3 Å². The van der Waals surface area contributed by atoms with Crippen LogP contribution in [0.2, 0.25) is 0 Å². The Morgan fingerprint density at radius 2 is 2.28 bits per heavy atom. The molecule has 2 aliphatic rings. The van der Waals surface area contributed by atoms with Crippen molar-refractivity contribution in [1.29, 1.82) is 0 Å². The van der Waals surface area contributed by atoms with Gasteiger partial charge in [-0.2, -0.15) is 0 Å². The van der Waals surface area contributed by atoms with Crippen molar-refractivity contribution < 1.29 is 4.74 Å². The summed E-state index contributed by atoms with van der Waals surface area (Å²) in [6.07, 6.45) is 10.6. The van der Waals surface area contributed by atoms with Crippen LogP contribution in [0.5, 0.6) is 5.75 Å². The third-order valence-electron chi connectivity index (χ3n) is 3.58. The van der Waals surface area contributed by atoms with Crippen LogP contribution in [-0.4, -0.2) is 19.2 Å². The van der Waals surface area contributed by atoms with Crippen molar-refractivity contribution >= 4 is 6.08 Å². The van der Waals surface area contributed by atoms with E-state index in [2.05, 4.69) is 35.7 Å². The summed E-state index contributed by atoms with van der Waals surface area (Å²) in [7, 11) is 0. The summed E-state index contributed by atoms with van der Waals surface area (Å²) in [6.45, 7) is 1.96. The monoisotopic (exact) mass is 243 g/mol. The zero-order chi connectivity index (χ0) is 12.2. The largest absolute Gasteiger partial charge is 0.493 e. The van der Waals surface area contributed by atoms with Gasteiger partial charge in [0.25, 0.3) is 0 Å². The Balaban J connectivity index is 1.58. The number of hydrogen-bond donors (Lipinski definition) is 1. The summed E-state index contributed by atoms with van der Waals surface area (Å²) in [6, 6.07) is 7.27. The number of para-hydroxylation sites is 1. The Bertz CT molecular complexity index is 435. The molecular formula is C16H21NO. The molecule has 0 bridgehead atoms. The third kappa shape index (κ3) is 2.94. The average molecular weight is 243 g/mol. The molecule has 3 rings (SSSR count). The number of fused-ring (bicyclic) bond motifs is 1. The first-order chi connectivity index (χ1) is 8.93. The van der Waals surface area contributed by atoms with Crippen LogP contribution in [0.3, 0.4) is 0 Å². The summed E-state index contributed by atoms with van der Waals surface area (Å²) in [5, 5.41) is 3.52. The molecule has 0 unspecified atom stereocenters. The van der Waals surface area contributed by atoms with Crippen LogP contribution in [0.4, 0.5) is 0 Å². The van der Waals surface area contributed by atoms with Gasteiger partial charge < -0.3 is 10.1 Å². The first-order valence-electron chi connectivity index (χ1n) is 7.08. The Morgan fingerprint density at radius 3 is 3.17 bits per heavy atom. The molecule has 1 aliphatic carbocycles. The van der Waals surface area contributed by atoms with E-state index in [-0.39, 0.29) is 0 Å². The second kappa shape index (κ2) is 5.57. The second-order valence-electron chi connectivity index (χ2n) is 5.21. The van der Waals surface area contributed by atoms with Crippen LogP contribution in [0.15, 0.2) is 24.3 Å². The van der Waals surface area contributed by atoms with Crippen LogP contribution < -0.4 is 10.1 Å². The lowest BCUT2D eigenvalue weighted by Gasteiger charge is -2.18. The standard InChI is InChI=1S/C16H21NO/c1(2-11-17-15-9-10-15)5-13-6-3-7-14-8-4-12-18-16(13)14/h1,3,5-7,15,17H,2,4,8-12H2/b5-1+. The Hall–Kier alpha value is -1.28. The zero-order valence-corrected chi connectivity index (χ0v) is 10.8. The predicted octanol–water partition coefficient (Wildman–Crippen LogP) is 3.17. The maximum absolute atomic E-state index is 5.79. The quantitative estimate of drug-likeness (QED) is 0.802. The van der Waals surface area contributed by atoms with Gasteiger partial charge in [-0.05, 0) is 44.2 Å². The fraction of sp³-hybridized carbons (Fsp3) is 0.500. The molecule has 0 spiro atoms. The molecule has 0 radical (unpaired) electrons. The maximum atomic E-state index is 5.79. The van der Waals surface area contributed by atoms with E-state index in [4.69, 9.17) is 4.74 Å². The van der Waals surface area contributed by atoms with Crippen LogP contribution in [0.25, 0.3) is 6.08 Å². The zero-order valence-electron chi connectivity index (χ0n) is 10.8. The molecule has 1 fully saturated rings. The minimum Gasteiger partial charge on any atom is -0.493 e. The smallest absolute Gasteiger partial charge is 0.129 e. The highest BCUT2D eigenvalue weighted by Gasteiger charge is 2.19. The molecule has 1 aromatic rings. The molecule has 1 N–H and O–H groups in total. The molecule has 18 heavy (non-hydrogen) atoms. The number of aryl methyl sites for hydroxylation is 1. The van der Waals surface area contributed by atoms with E-state index in [0.717, 1.165) is 44.2 Å². The summed E-state index contributed by atoms with van der Waals surface area (Å²) < 4.78 is 5.79. The Morgan fingerprint density at radius 1 is 1.33 bits per heavy atom. The van der Waals surface area contributed by atoms with Crippen molar-refractivity contribution in [3.05, 3.63) is 35.4 Å². The predicted molar refractivity (Wildman–Crippen MR) is 74.9 cm³/mol. The van der Waals surface area contributed by atoms with Crippen LogP contribution >= 0.6 is 0 Å². The van der Waals surface area contributed by atoms with E-state index in [0.29, 0.717) is 0 Å². The van der Waals surface area contributed by atoms with Gasteiger partial charge in [-0.1, -0.05) is 30.4 Å². The van der Waals surface area contributed by atoms with Gasteiger partial charge >= 0.3 is 0 Å². The van der Waals surface area contributed by atoms with E-state index < -0.39 is 0 Å². The van der Waals surface area contributed by atoms with E-state index in [1.807, 2.05) is 0 Å². The van der Waals surface area contributed by atoms with Crippen molar-refractivity contribution in [3.63, 3.8) is 0 Å². The Labute approximate surface area is 109 Å². The highest BCUT2D eigenvalue weighted by molar-refractivity contribution is 5.60. The summed E-state index contributed by atoms with van der Waals surface area (Å²) in [4.78, 5) is 0. The van der Waals surface area contributed by atoms with Crippen molar-refractivity contribution in [2.75, 3.05) is 13.2 Å². The SMILES string of the molecule is C(=C\c1cccc2c1OCCC2)/CCNC1CC1. The number of ether oxygens (including phenoxy) is 1. The lowest BCUT2D eigenvalue weighted by molar-refractivity contribution is 0.287. The minimum absolute atomic E-state index is 0.811. The molecule has 0 atom stereocenters. The number of nitrogens with one attached hydrogen (secondary N) is 1. The molecule has 1 heterocycles. The molecule has 2 nitrogen and oxygen atoms in total. The van der Waals surface area contributed by atoms with Gasteiger partial charge in [0, 0.05) is 11.6 Å². The highest BCUT2D eigenvalue weighted by atomic mass is 16.5. The van der Waals surface area contributed by atoms with Crippen molar-refractivity contribution in [1.82, 2.24) is 5.32 Å². The summed E-state index contributed by atoms with van der Waals surface area (Å²) >= 11 is 0. The molecule has 0 aromatic heterocycles.